The third kappa shape index (κ3) is 2.56. The van der Waals surface area contributed by atoms with Crippen LogP contribution in [0.15, 0.2) is 30.6 Å². The van der Waals surface area contributed by atoms with Crippen molar-refractivity contribution in [1.29, 1.82) is 0 Å². The number of fused-ring (bicyclic) bond motifs is 2. The molecule has 3 rings (SSSR count). The number of benzene rings is 1. The second-order valence-corrected chi connectivity index (χ2v) is 6.30. The van der Waals surface area contributed by atoms with Crippen LogP contribution >= 0.6 is 0 Å². The molecule has 4 heteroatoms. The predicted molar refractivity (Wildman–Crippen MR) is 96.0 cm³/mol. The van der Waals surface area contributed by atoms with Gasteiger partial charge in [-0.1, -0.05) is 13.8 Å². The summed E-state index contributed by atoms with van der Waals surface area (Å²) < 4.78 is 11.9. The van der Waals surface area contributed by atoms with Crippen molar-refractivity contribution in [3.05, 3.63) is 55.2 Å². The van der Waals surface area contributed by atoms with Gasteiger partial charge in [-0.2, -0.15) is 0 Å². The number of hydrogen-bond donors (Lipinski definition) is 0. The third-order valence-corrected chi connectivity index (χ3v) is 4.51. The Morgan fingerprint density at radius 3 is 1.54 bits per heavy atom. The zero-order valence-electron chi connectivity index (χ0n) is 14.6. The molecule has 0 N–H and O–H groups in total. The molecule has 2 heterocycles. The summed E-state index contributed by atoms with van der Waals surface area (Å²) in [5.41, 5.74) is 2.06. The lowest BCUT2D eigenvalue weighted by Gasteiger charge is -2.09. The standard InChI is InChI=1S/C20H22O4/c1-5-7-15-11(3)19(21)13-9-14-18(10-17(13)23-15)24-16(8-6-2)12(4)20(14)22/h9-10H,5-8H2,1-4H3. The molecule has 0 aliphatic heterocycles. The summed E-state index contributed by atoms with van der Waals surface area (Å²) in [5.74, 6) is 1.41. The second kappa shape index (κ2) is 6.27. The molecule has 0 aliphatic rings. The van der Waals surface area contributed by atoms with E-state index >= 15 is 0 Å². The molecule has 0 bridgehead atoms. The first-order valence-corrected chi connectivity index (χ1v) is 8.50. The molecular formula is C20H22O4. The van der Waals surface area contributed by atoms with Gasteiger partial charge < -0.3 is 8.83 Å². The van der Waals surface area contributed by atoms with Crippen molar-refractivity contribution in [3.63, 3.8) is 0 Å². The van der Waals surface area contributed by atoms with Gasteiger partial charge in [0.1, 0.15) is 22.7 Å². The normalized spacial score (nSPS) is 11.5. The first kappa shape index (κ1) is 16.5. The minimum atomic E-state index is -0.0729. The van der Waals surface area contributed by atoms with E-state index in [4.69, 9.17) is 8.83 Å². The van der Waals surface area contributed by atoms with Crippen LogP contribution in [0.3, 0.4) is 0 Å². The lowest BCUT2D eigenvalue weighted by atomic mass is 10.0. The Labute approximate surface area is 140 Å². The average Bonchev–Trinajstić information content (AvgIpc) is 2.56. The molecule has 0 fully saturated rings. The lowest BCUT2D eigenvalue weighted by molar-refractivity contribution is 0.516. The van der Waals surface area contributed by atoms with Gasteiger partial charge in [0.15, 0.2) is 10.9 Å². The molecule has 0 amide bonds. The van der Waals surface area contributed by atoms with E-state index in [0.717, 1.165) is 12.8 Å². The van der Waals surface area contributed by atoms with Gasteiger partial charge in [0, 0.05) is 30.0 Å². The van der Waals surface area contributed by atoms with Gasteiger partial charge in [0.2, 0.25) is 0 Å². The summed E-state index contributed by atoms with van der Waals surface area (Å²) in [6, 6.07) is 3.30. The van der Waals surface area contributed by atoms with Crippen molar-refractivity contribution in [2.24, 2.45) is 0 Å². The van der Waals surface area contributed by atoms with Gasteiger partial charge in [0.05, 0.1) is 10.8 Å². The molecule has 126 valence electrons. The fourth-order valence-electron chi connectivity index (χ4n) is 3.09. The molecule has 0 aliphatic carbocycles. The maximum absolute atomic E-state index is 12.6. The van der Waals surface area contributed by atoms with Crippen LogP contribution in [-0.2, 0) is 12.8 Å². The van der Waals surface area contributed by atoms with E-state index in [1.165, 1.54) is 0 Å². The van der Waals surface area contributed by atoms with Crippen molar-refractivity contribution >= 4 is 21.9 Å². The number of aryl methyl sites for hydroxylation is 2. The lowest BCUT2D eigenvalue weighted by Crippen LogP contribution is -2.12. The van der Waals surface area contributed by atoms with Crippen molar-refractivity contribution in [2.45, 2.75) is 53.4 Å². The van der Waals surface area contributed by atoms with E-state index in [9.17, 15) is 9.59 Å². The third-order valence-electron chi connectivity index (χ3n) is 4.51. The molecule has 24 heavy (non-hydrogen) atoms. The first-order chi connectivity index (χ1) is 11.5. The topological polar surface area (TPSA) is 60.4 Å². The van der Waals surface area contributed by atoms with Crippen LogP contribution in [-0.4, -0.2) is 0 Å². The Hall–Kier alpha value is -2.36. The van der Waals surface area contributed by atoms with Gasteiger partial charge in [-0.25, -0.2) is 0 Å². The maximum atomic E-state index is 12.6. The summed E-state index contributed by atoms with van der Waals surface area (Å²) in [5, 5.41) is 0.879. The molecule has 0 saturated heterocycles. The van der Waals surface area contributed by atoms with Gasteiger partial charge in [-0.05, 0) is 32.8 Å². The largest absolute Gasteiger partial charge is 0.460 e. The Kier molecular flexibility index (Phi) is 4.31. The Morgan fingerprint density at radius 2 is 1.17 bits per heavy atom. The van der Waals surface area contributed by atoms with Crippen LogP contribution in [0.2, 0.25) is 0 Å². The molecule has 0 spiro atoms. The molecular weight excluding hydrogens is 304 g/mol. The molecule has 4 nitrogen and oxygen atoms in total. The van der Waals surface area contributed by atoms with E-state index in [0.29, 0.717) is 57.4 Å². The monoisotopic (exact) mass is 326 g/mol. The summed E-state index contributed by atoms with van der Waals surface area (Å²) in [4.78, 5) is 25.3. The number of rotatable bonds is 4. The van der Waals surface area contributed by atoms with Crippen LogP contribution in [0.25, 0.3) is 21.9 Å². The number of hydrogen-bond acceptors (Lipinski definition) is 4. The molecule has 0 radical (unpaired) electrons. The van der Waals surface area contributed by atoms with Crippen molar-refractivity contribution < 1.29 is 8.83 Å². The van der Waals surface area contributed by atoms with Gasteiger partial charge in [0.25, 0.3) is 0 Å². The highest BCUT2D eigenvalue weighted by molar-refractivity contribution is 5.93. The zero-order valence-corrected chi connectivity index (χ0v) is 14.6. The van der Waals surface area contributed by atoms with E-state index in [1.54, 1.807) is 26.0 Å². The summed E-state index contributed by atoms with van der Waals surface area (Å²) in [6.45, 7) is 7.64. The Bertz CT molecular complexity index is 957. The minimum absolute atomic E-state index is 0.0729. The van der Waals surface area contributed by atoms with Crippen molar-refractivity contribution in [2.75, 3.05) is 0 Å². The smallest absolute Gasteiger partial charge is 0.195 e. The van der Waals surface area contributed by atoms with Crippen molar-refractivity contribution in [3.8, 4) is 0 Å². The van der Waals surface area contributed by atoms with Gasteiger partial charge in [-0.15, -0.1) is 0 Å². The molecule has 1 aromatic carbocycles. The fourth-order valence-corrected chi connectivity index (χ4v) is 3.09. The molecule has 2 aromatic heterocycles. The minimum Gasteiger partial charge on any atom is -0.460 e. The summed E-state index contributed by atoms with van der Waals surface area (Å²) >= 11 is 0. The highest BCUT2D eigenvalue weighted by Crippen LogP contribution is 2.24. The molecule has 0 atom stereocenters. The van der Waals surface area contributed by atoms with E-state index in [2.05, 4.69) is 0 Å². The first-order valence-electron chi connectivity index (χ1n) is 8.50. The van der Waals surface area contributed by atoms with E-state index < -0.39 is 0 Å². The highest BCUT2D eigenvalue weighted by Gasteiger charge is 2.15. The second-order valence-electron chi connectivity index (χ2n) is 6.30. The van der Waals surface area contributed by atoms with Gasteiger partial charge >= 0.3 is 0 Å². The maximum Gasteiger partial charge on any atom is 0.195 e. The average molecular weight is 326 g/mol. The predicted octanol–water partition coefficient (Wildman–Crippen LogP) is 4.42. The zero-order chi connectivity index (χ0) is 17.4. The molecule has 0 unspecified atom stereocenters. The molecule has 3 aromatic rings. The quantitative estimate of drug-likeness (QED) is 0.666. The summed E-state index contributed by atoms with van der Waals surface area (Å²) in [7, 11) is 0. The summed E-state index contributed by atoms with van der Waals surface area (Å²) in [6.07, 6.45) is 3.23. The SMILES string of the molecule is CCCc1oc2cc3oc(CCC)c(C)c(=O)c3cc2c(=O)c1C. The Morgan fingerprint density at radius 1 is 0.750 bits per heavy atom. The highest BCUT2D eigenvalue weighted by atomic mass is 16.3. The Balaban J connectivity index is 2.40. The van der Waals surface area contributed by atoms with Crippen LogP contribution in [0.4, 0.5) is 0 Å². The van der Waals surface area contributed by atoms with Crippen LogP contribution in [0, 0.1) is 13.8 Å². The van der Waals surface area contributed by atoms with E-state index in [-0.39, 0.29) is 10.9 Å². The van der Waals surface area contributed by atoms with Crippen LogP contribution in [0.1, 0.15) is 49.3 Å². The van der Waals surface area contributed by atoms with Crippen molar-refractivity contribution in [1.82, 2.24) is 0 Å². The van der Waals surface area contributed by atoms with Gasteiger partial charge in [-0.3, -0.25) is 9.59 Å². The van der Waals surface area contributed by atoms with Crippen LogP contribution < -0.4 is 10.9 Å². The molecule has 0 saturated carbocycles. The van der Waals surface area contributed by atoms with E-state index in [1.807, 2.05) is 13.8 Å². The van der Waals surface area contributed by atoms with Crippen LogP contribution in [0.5, 0.6) is 0 Å². The fraction of sp³-hybridized carbons (Fsp3) is 0.400.